The van der Waals surface area contributed by atoms with E-state index in [4.69, 9.17) is 17.0 Å². The molecule has 0 unspecified atom stereocenters. The van der Waals surface area contributed by atoms with Gasteiger partial charge >= 0.3 is 0 Å². The highest BCUT2D eigenvalue weighted by Gasteiger charge is 2.10. The van der Waals surface area contributed by atoms with Gasteiger partial charge in [0.2, 0.25) is 5.88 Å². The van der Waals surface area contributed by atoms with Crippen molar-refractivity contribution in [2.75, 3.05) is 7.11 Å². The summed E-state index contributed by atoms with van der Waals surface area (Å²) in [5, 5.41) is 7.74. The first kappa shape index (κ1) is 11.9. The minimum absolute atomic E-state index is 0.225. The number of methoxy groups -OCH3 is 1. The fourth-order valence-corrected chi connectivity index (χ4v) is 2.53. The standard InChI is InChI=1S/C10H7N5O2S2/c1-17-6-3-2-5(13-14-6)15-9(16)7-8(11-4-19-7)12-10(15)18/h2-4H,1H3,(H,12,18). The number of nitrogens with one attached hydrogen (secondary N) is 1. The molecule has 0 saturated heterocycles. The van der Waals surface area contributed by atoms with Gasteiger partial charge in [0.25, 0.3) is 5.56 Å². The summed E-state index contributed by atoms with van der Waals surface area (Å²) >= 11 is 6.39. The molecule has 3 heterocycles. The molecule has 3 rings (SSSR count). The molecule has 0 aromatic carbocycles. The Morgan fingerprint density at radius 1 is 1.42 bits per heavy atom. The quantitative estimate of drug-likeness (QED) is 0.717. The van der Waals surface area contributed by atoms with E-state index in [1.54, 1.807) is 17.6 Å². The molecule has 3 aromatic heterocycles. The molecule has 0 amide bonds. The van der Waals surface area contributed by atoms with Gasteiger partial charge in [-0.2, -0.15) is 0 Å². The molecular weight excluding hydrogens is 286 g/mol. The number of thiazole rings is 1. The zero-order valence-corrected chi connectivity index (χ0v) is 11.3. The van der Waals surface area contributed by atoms with Crippen LogP contribution in [0.1, 0.15) is 0 Å². The third-order valence-electron chi connectivity index (χ3n) is 2.46. The van der Waals surface area contributed by atoms with Crippen LogP contribution >= 0.6 is 23.6 Å². The molecule has 7 nitrogen and oxygen atoms in total. The number of ether oxygens (including phenoxy) is 1. The molecule has 0 radical (unpaired) electrons. The van der Waals surface area contributed by atoms with Crippen LogP contribution in [-0.4, -0.2) is 31.8 Å². The average Bonchev–Trinajstić information content (AvgIpc) is 2.88. The van der Waals surface area contributed by atoms with Crippen molar-refractivity contribution >= 4 is 33.9 Å². The van der Waals surface area contributed by atoms with Crippen molar-refractivity contribution in [1.29, 1.82) is 0 Å². The van der Waals surface area contributed by atoms with Gasteiger partial charge in [-0.1, -0.05) is 0 Å². The van der Waals surface area contributed by atoms with Gasteiger partial charge < -0.3 is 9.72 Å². The molecule has 0 saturated carbocycles. The number of rotatable bonds is 2. The monoisotopic (exact) mass is 293 g/mol. The highest BCUT2D eigenvalue weighted by Crippen LogP contribution is 2.13. The first-order valence-corrected chi connectivity index (χ1v) is 6.46. The summed E-state index contributed by atoms with van der Waals surface area (Å²) in [5.74, 6) is 0.702. The zero-order valence-electron chi connectivity index (χ0n) is 9.65. The smallest absolute Gasteiger partial charge is 0.279 e. The Morgan fingerprint density at radius 3 is 2.95 bits per heavy atom. The summed E-state index contributed by atoms with van der Waals surface area (Å²) in [6, 6.07) is 3.23. The summed E-state index contributed by atoms with van der Waals surface area (Å²) < 4.78 is 6.92. The van der Waals surface area contributed by atoms with Crippen molar-refractivity contribution in [3.05, 3.63) is 32.8 Å². The molecule has 3 aromatic rings. The summed E-state index contributed by atoms with van der Waals surface area (Å²) in [6.45, 7) is 0. The third-order valence-corrected chi connectivity index (χ3v) is 3.56. The number of hydrogen-bond donors (Lipinski definition) is 1. The Kier molecular flexibility index (Phi) is 2.84. The Labute approximate surface area is 115 Å². The molecule has 19 heavy (non-hydrogen) atoms. The topological polar surface area (TPSA) is 85.7 Å². The Hall–Kier alpha value is -2.13. The number of aromatic amines is 1. The van der Waals surface area contributed by atoms with Crippen LogP contribution < -0.4 is 10.3 Å². The molecule has 9 heteroatoms. The number of H-pyrrole nitrogens is 1. The van der Waals surface area contributed by atoms with Gasteiger partial charge in [-0.15, -0.1) is 21.5 Å². The Bertz CT molecular complexity index is 849. The van der Waals surface area contributed by atoms with E-state index in [1.807, 2.05) is 0 Å². The molecule has 0 spiro atoms. The number of aromatic nitrogens is 5. The largest absolute Gasteiger partial charge is 0.480 e. The molecule has 0 aliphatic carbocycles. The molecule has 0 aliphatic rings. The lowest BCUT2D eigenvalue weighted by molar-refractivity contribution is 0.391. The number of fused-ring (bicyclic) bond motifs is 1. The Morgan fingerprint density at radius 2 is 2.26 bits per heavy atom. The first-order valence-electron chi connectivity index (χ1n) is 5.17. The Balaban J connectivity index is 2.29. The van der Waals surface area contributed by atoms with E-state index in [0.29, 0.717) is 22.0 Å². The lowest BCUT2D eigenvalue weighted by Gasteiger charge is -2.04. The minimum atomic E-state index is -0.263. The van der Waals surface area contributed by atoms with Gasteiger partial charge in [-0.3, -0.25) is 4.79 Å². The van der Waals surface area contributed by atoms with Crippen LogP contribution in [0.4, 0.5) is 0 Å². The normalized spacial score (nSPS) is 10.8. The van der Waals surface area contributed by atoms with E-state index in [2.05, 4.69) is 20.2 Å². The highest BCUT2D eigenvalue weighted by molar-refractivity contribution is 7.71. The SMILES string of the molecule is COc1ccc(-n2c(=S)[nH]c3ncsc3c2=O)nn1. The summed E-state index contributed by atoms with van der Waals surface area (Å²) in [6.07, 6.45) is 0. The van der Waals surface area contributed by atoms with Crippen molar-refractivity contribution in [2.24, 2.45) is 0 Å². The van der Waals surface area contributed by atoms with Crippen molar-refractivity contribution in [1.82, 2.24) is 24.7 Å². The van der Waals surface area contributed by atoms with Crippen LogP contribution in [0.2, 0.25) is 0 Å². The molecule has 1 N–H and O–H groups in total. The molecular formula is C10H7N5O2S2. The van der Waals surface area contributed by atoms with E-state index in [9.17, 15) is 4.79 Å². The predicted molar refractivity (Wildman–Crippen MR) is 72.5 cm³/mol. The third kappa shape index (κ3) is 1.92. The van der Waals surface area contributed by atoms with E-state index in [0.717, 1.165) is 0 Å². The summed E-state index contributed by atoms with van der Waals surface area (Å²) in [5.41, 5.74) is 1.81. The van der Waals surface area contributed by atoms with Crippen LogP contribution in [0.5, 0.6) is 5.88 Å². The fraction of sp³-hybridized carbons (Fsp3) is 0.100. The predicted octanol–water partition coefficient (Wildman–Crippen LogP) is 1.30. The zero-order chi connectivity index (χ0) is 13.4. The summed E-state index contributed by atoms with van der Waals surface area (Å²) in [4.78, 5) is 19.2. The molecule has 0 aliphatic heterocycles. The minimum Gasteiger partial charge on any atom is -0.480 e. The van der Waals surface area contributed by atoms with E-state index in [1.165, 1.54) is 23.0 Å². The molecule has 0 fully saturated rings. The molecule has 0 bridgehead atoms. The number of hydrogen-bond acceptors (Lipinski definition) is 7. The molecule has 0 atom stereocenters. The lowest BCUT2D eigenvalue weighted by Crippen LogP contribution is -2.21. The van der Waals surface area contributed by atoms with Gasteiger partial charge in [0.1, 0.15) is 4.70 Å². The maximum Gasteiger partial charge on any atom is 0.279 e. The second-order valence-electron chi connectivity index (χ2n) is 3.53. The average molecular weight is 293 g/mol. The van der Waals surface area contributed by atoms with Crippen molar-refractivity contribution in [3.63, 3.8) is 0 Å². The van der Waals surface area contributed by atoms with E-state index >= 15 is 0 Å². The van der Waals surface area contributed by atoms with Gasteiger partial charge in [-0.25, -0.2) is 9.55 Å². The van der Waals surface area contributed by atoms with Crippen molar-refractivity contribution < 1.29 is 4.74 Å². The van der Waals surface area contributed by atoms with Crippen LogP contribution in [0.25, 0.3) is 16.2 Å². The second kappa shape index (κ2) is 4.52. The van der Waals surface area contributed by atoms with E-state index < -0.39 is 0 Å². The number of nitrogens with zero attached hydrogens (tertiary/aromatic N) is 4. The van der Waals surface area contributed by atoms with Gasteiger partial charge in [0.15, 0.2) is 16.2 Å². The van der Waals surface area contributed by atoms with Crippen LogP contribution in [0.3, 0.4) is 0 Å². The molecule has 96 valence electrons. The summed E-state index contributed by atoms with van der Waals surface area (Å²) in [7, 11) is 1.49. The first-order chi connectivity index (χ1) is 9.20. The van der Waals surface area contributed by atoms with Crippen molar-refractivity contribution in [3.8, 4) is 11.7 Å². The van der Waals surface area contributed by atoms with Gasteiger partial charge in [0, 0.05) is 6.07 Å². The maximum absolute atomic E-state index is 12.3. The highest BCUT2D eigenvalue weighted by atomic mass is 32.1. The second-order valence-corrected chi connectivity index (χ2v) is 4.78. The van der Waals surface area contributed by atoms with Gasteiger partial charge in [0.05, 0.1) is 12.6 Å². The van der Waals surface area contributed by atoms with E-state index in [-0.39, 0.29) is 10.3 Å². The van der Waals surface area contributed by atoms with Crippen molar-refractivity contribution in [2.45, 2.75) is 0 Å². The van der Waals surface area contributed by atoms with Crippen LogP contribution in [0, 0.1) is 4.77 Å². The maximum atomic E-state index is 12.3. The fourth-order valence-electron chi connectivity index (χ4n) is 1.59. The van der Waals surface area contributed by atoms with Crippen LogP contribution in [0.15, 0.2) is 22.4 Å². The lowest BCUT2D eigenvalue weighted by atomic mass is 10.5. The van der Waals surface area contributed by atoms with Crippen LogP contribution in [-0.2, 0) is 0 Å². The van der Waals surface area contributed by atoms with Gasteiger partial charge in [-0.05, 0) is 18.3 Å².